The Bertz CT molecular complexity index is 1380. The second-order valence-electron chi connectivity index (χ2n) is 20.2. The average Bonchev–Trinajstić information content (AvgIpc) is 3.38. The first-order valence-corrected chi connectivity index (χ1v) is 30.6. The minimum Gasteiger partial charge on any atom is -0.462 e. The average molecular weight is 1000 g/mol. The molecule has 0 heterocycles. The first-order valence-electron chi connectivity index (χ1n) is 30.6. The zero-order valence-corrected chi connectivity index (χ0v) is 47.4. The SMILES string of the molecule is CC/C=C\C/C=C\C/C=C\C/C=C\C/C=C\C/C=C\CCCCCCCCCCCCC(=O)OCC(COC(=O)CCCCCCCCC)OC(=O)CCCCCCCCC/C=C\CCCCCCCCC. The van der Waals surface area contributed by atoms with E-state index in [1.54, 1.807) is 0 Å². The molecule has 6 heteroatoms. The van der Waals surface area contributed by atoms with Crippen LogP contribution in [0.15, 0.2) is 85.1 Å². The van der Waals surface area contributed by atoms with Crippen molar-refractivity contribution in [2.45, 2.75) is 303 Å². The summed E-state index contributed by atoms with van der Waals surface area (Å²) in [6.45, 7) is 6.49. The highest BCUT2D eigenvalue weighted by Gasteiger charge is 2.19. The Morgan fingerprint density at radius 3 is 0.861 bits per heavy atom. The van der Waals surface area contributed by atoms with E-state index in [-0.39, 0.29) is 31.1 Å². The molecule has 0 aromatic heterocycles. The lowest BCUT2D eigenvalue weighted by molar-refractivity contribution is -0.167. The molecule has 0 fully saturated rings. The lowest BCUT2D eigenvalue weighted by atomic mass is 10.1. The first kappa shape index (κ1) is 68.6. The van der Waals surface area contributed by atoms with Crippen LogP contribution in [0, 0.1) is 0 Å². The molecule has 0 rings (SSSR count). The predicted octanol–water partition coefficient (Wildman–Crippen LogP) is 20.7. The van der Waals surface area contributed by atoms with Crippen LogP contribution in [0.2, 0.25) is 0 Å². The van der Waals surface area contributed by atoms with E-state index in [9.17, 15) is 14.4 Å². The summed E-state index contributed by atoms with van der Waals surface area (Å²) in [7, 11) is 0. The van der Waals surface area contributed by atoms with Gasteiger partial charge in [-0.05, 0) is 96.3 Å². The Kier molecular flexibility index (Phi) is 57.3. The normalized spacial score (nSPS) is 12.7. The van der Waals surface area contributed by atoms with Crippen LogP contribution in [-0.4, -0.2) is 37.2 Å². The Morgan fingerprint density at radius 2 is 0.542 bits per heavy atom. The number of rotatable bonds is 55. The maximum atomic E-state index is 12.8. The number of hydrogen-bond donors (Lipinski definition) is 0. The third-order valence-electron chi connectivity index (χ3n) is 13.1. The van der Waals surface area contributed by atoms with E-state index in [2.05, 4.69) is 106 Å². The van der Waals surface area contributed by atoms with Crippen LogP contribution in [0.3, 0.4) is 0 Å². The molecular weight excluding hydrogens is 889 g/mol. The van der Waals surface area contributed by atoms with Crippen molar-refractivity contribution in [3.8, 4) is 0 Å². The molecule has 0 spiro atoms. The maximum absolute atomic E-state index is 12.8. The van der Waals surface area contributed by atoms with Crippen LogP contribution in [-0.2, 0) is 28.6 Å². The van der Waals surface area contributed by atoms with Gasteiger partial charge in [0.25, 0.3) is 0 Å². The fourth-order valence-corrected chi connectivity index (χ4v) is 8.56. The van der Waals surface area contributed by atoms with Crippen molar-refractivity contribution in [3.05, 3.63) is 85.1 Å². The summed E-state index contributed by atoms with van der Waals surface area (Å²) in [6.07, 6.45) is 78.9. The molecule has 1 atom stereocenters. The molecule has 0 saturated carbocycles. The lowest BCUT2D eigenvalue weighted by Gasteiger charge is -2.18. The van der Waals surface area contributed by atoms with Crippen LogP contribution in [0.4, 0.5) is 0 Å². The highest BCUT2D eigenvalue weighted by Crippen LogP contribution is 2.16. The molecule has 414 valence electrons. The summed E-state index contributed by atoms with van der Waals surface area (Å²) >= 11 is 0. The zero-order chi connectivity index (χ0) is 52.2. The van der Waals surface area contributed by atoms with Gasteiger partial charge in [-0.25, -0.2) is 0 Å². The molecule has 0 amide bonds. The van der Waals surface area contributed by atoms with Gasteiger partial charge in [-0.15, -0.1) is 0 Å². The quantitative estimate of drug-likeness (QED) is 0.0261. The van der Waals surface area contributed by atoms with Gasteiger partial charge in [0.2, 0.25) is 0 Å². The second-order valence-corrected chi connectivity index (χ2v) is 20.2. The fraction of sp³-hybridized carbons (Fsp3) is 0.742. The molecule has 0 bridgehead atoms. The highest BCUT2D eigenvalue weighted by atomic mass is 16.6. The summed E-state index contributed by atoms with van der Waals surface area (Å²) in [5.41, 5.74) is 0. The molecule has 0 aromatic carbocycles. The molecule has 0 saturated heterocycles. The van der Waals surface area contributed by atoms with Crippen LogP contribution in [0.5, 0.6) is 0 Å². The van der Waals surface area contributed by atoms with Gasteiger partial charge in [-0.2, -0.15) is 0 Å². The van der Waals surface area contributed by atoms with Gasteiger partial charge in [0.15, 0.2) is 6.10 Å². The highest BCUT2D eigenvalue weighted by molar-refractivity contribution is 5.71. The molecule has 0 aliphatic heterocycles. The zero-order valence-electron chi connectivity index (χ0n) is 47.4. The summed E-state index contributed by atoms with van der Waals surface area (Å²) in [4.78, 5) is 38.0. The molecule has 0 N–H and O–H groups in total. The molecule has 0 aliphatic carbocycles. The van der Waals surface area contributed by atoms with Crippen LogP contribution in [0.1, 0.15) is 297 Å². The number of ether oxygens (including phenoxy) is 3. The summed E-state index contributed by atoms with van der Waals surface area (Å²) in [5, 5.41) is 0. The topological polar surface area (TPSA) is 78.9 Å². The van der Waals surface area contributed by atoms with Crippen LogP contribution in [0.25, 0.3) is 0 Å². The fourth-order valence-electron chi connectivity index (χ4n) is 8.56. The summed E-state index contributed by atoms with van der Waals surface area (Å²) in [6, 6.07) is 0. The van der Waals surface area contributed by atoms with Crippen molar-refractivity contribution < 1.29 is 28.6 Å². The third-order valence-corrected chi connectivity index (χ3v) is 13.1. The van der Waals surface area contributed by atoms with Gasteiger partial charge >= 0.3 is 17.9 Å². The van der Waals surface area contributed by atoms with E-state index < -0.39 is 6.10 Å². The number of esters is 3. The van der Waals surface area contributed by atoms with Crippen molar-refractivity contribution >= 4 is 17.9 Å². The molecule has 1 unspecified atom stereocenters. The molecule has 0 aromatic rings. The van der Waals surface area contributed by atoms with Crippen molar-refractivity contribution in [2.75, 3.05) is 13.2 Å². The standard InChI is InChI=1S/C66H114O6/c1-4-7-10-13-16-18-20-22-24-26-28-29-30-31-32-33-34-35-36-37-38-40-41-43-45-47-50-53-56-59-65(68)71-62-63(61-70-64(67)58-55-52-49-15-12-9-6-3)72-66(69)60-57-54-51-48-46-44-42-39-27-25-23-21-19-17-14-11-8-5-2/h7,10,16,18,22,24-25,27-29,31-32,34-35,63H,4-6,8-9,11-15,17,19-21,23,26,30,33,36-62H2,1-3H3/b10-7-,18-16-,24-22-,27-25-,29-28-,32-31-,35-34-. The number of hydrogen-bond acceptors (Lipinski definition) is 6. The first-order chi connectivity index (χ1) is 35.5. The van der Waals surface area contributed by atoms with Gasteiger partial charge in [0.05, 0.1) is 0 Å². The largest absolute Gasteiger partial charge is 0.462 e. The molecule has 0 aliphatic rings. The summed E-state index contributed by atoms with van der Waals surface area (Å²) in [5.74, 6) is -0.885. The molecule has 0 radical (unpaired) electrons. The van der Waals surface area contributed by atoms with E-state index in [1.807, 2.05) is 0 Å². The third kappa shape index (κ3) is 57.5. The number of unbranched alkanes of at least 4 members (excludes halogenated alkanes) is 30. The minimum atomic E-state index is -0.777. The van der Waals surface area contributed by atoms with Crippen LogP contribution >= 0.6 is 0 Å². The van der Waals surface area contributed by atoms with E-state index >= 15 is 0 Å². The van der Waals surface area contributed by atoms with Gasteiger partial charge in [0, 0.05) is 19.3 Å². The maximum Gasteiger partial charge on any atom is 0.306 e. The molecule has 72 heavy (non-hydrogen) atoms. The predicted molar refractivity (Wildman–Crippen MR) is 311 cm³/mol. The summed E-state index contributed by atoms with van der Waals surface area (Å²) < 4.78 is 16.8. The number of carbonyl (C=O) groups is 3. The smallest absolute Gasteiger partial charge is 0.306 e. The number of carbonyl (C=O) groups excluding carboxylic acids is 3. The number of allylic oxidation sites excluding steroid dienone is 14. The van der Waals surface area contributed by atoms with Gasteiger partial charge < -0.3 is 14.2 Å². The lowest BCUT2D eigenvalue weighted by Crippen LogP contribution is -2.30. The van der Waals surface area contributed by atoms with Crippen LogP contribution < -0.4 is 0 Å². The Labute approximate surface area is 445 Å². The van der Waals surface area contributed by atoms with E-state index in [1.165, 1.54) is 161 Å². The van der Waals surface area contributed by atoms with Gasteiger partial charge in [-0.1, -0.05) is 266 Å². The Hall–Kier alpha value is -3.41. The van der Waals surface area contributed by atoms with Gasteiger partial charge in [0.1, 0.15) is 13.2 Å². The van der Waals surface area contributed by atoms with Crippen molar-refractivity contribution in [1.82, 2.24) is 0 Å². The van der Waals surface area contributed by atoms with E-state index in [0.29, 0.717) is 19.3 Å². The van der Waals surface area contributed by atoms with Crippen molar-refractivity contribution in [1.29, 1.82) is 0 Å². The van der Waals surface area contributed by atoms with Crippen molar-refractivity contribution in [3.63, 3.8) is 0 Å². The minimum absolute atomic E-state index is 0.0772. The monoisotopic (exact) mass is 1000 g/mol. The van der Waals surface area contributed by atoms with E-state index in [0.717, 1.165) is 96.3 Å². The van der Waals surface area contributed by atoms with Gasteiger partial charge in [-0.3, -0.25) is 14.4 Å². The molecule has 6 nitrogen and oxygen atoms in total. The van der Waals surface area contributed by atoms with Crippen molar-refractivity contribution in [2.24, 2.45) is 0 Å². The van der Waals surface area contributed by atoms with E-state index in [4.69, 9.17) is 14.2 Å². The second kappa shape index (κ2) is 60.1. The molecular formula is C66H114O6. The Balaban J connectivity index is 4.14. The Morgan fingerprint density at radius 1 is 0.292 bits per heavy atom.